The van der Waals surface area contributed by atoms with E-state index in [0.717, 1.165) is 23.0 Å². The van der Waals surface area contributed by atoms with Gasteiger partial charge in [0.15, 0.2) is 5.78 Å². The summed E-state index contributed by atoms with van der Waals surface area (Å²) in [6.45, 7) is 2.02. The molecule has 2 unspecified atom stereocenters. The van der Waals surface area contributed by atoms with Crippen LogP contribution in [-0.2, 0) is 0 Å². The monoisotopic (exact) mass is 226 g/mol. The fourth-order valence-electron chi connectivity index (χ4n) is 3.31. The van der Waals surface area contributed by atoms with Crippen LogP contribution in [0.15, 0.2) is 41.5 Å². The third-order valence-electron chi connectivity index (χ3n) is 4.27. The number of rotatable bonds is 2. The summed E-state index contributed by atoms with van der Waals surface area (Å²) in [7, 11) is 0. The molecule has 17 heavy (non-hydrogen) atoms. The van der Waals surface area contributed by atoms with Crippen LogP contribution in [0, 0.1) is 11.8 Å². The summed E-state index contributed by atoms with van der Waals surface area (Å²) < 4.78 is 0. The van der Waals surface area contributed by atoms with Crippen LogP contribution in [0.2, 0.25) is 0 Å². The Morgan fingerprint density at radius 3 is 2.24 bits per heavy atom. The molecule has 0 aromatic heterocycles. The lowest BCUT2D eigenvalue weighted by Gasteiger charge is -2.04. The van der Waals surface area contributed by atoms with Crippen molar-refractivity contribution in [3.63, 3.8) is 0 Å². The van der Waals surface area contributed by atoms with Crippen molar-refractivity contribution in [3.8, 4) is 0 Å². The van der Waals surface area contributed by atoms with Gasteiger partial charge in [-0.15, -0.1) is 0 Å². The molecule has 2 aliphatic carbocycles. The van der Waals surface area contributed by atoms with Crippen molar-refractivity contribution in [1.29, 1.82) is 0 Å². The van der Waals surface area contributed by atoms with Gasteiger partial charge in [-0.2, -0.15) is 0 Å². The molecule has 2 saturated carbocycles. The lowest BCUT2D eigenvalue weighted by molar-refractivity contribution is 0.103. The molecular weight excluding hydrogens is 208 g/mol. The molecule has 0 N–H and O–H groups in total. The second-order valence-electron chi connectivity index (χ2n) is 5.27. The lowest BCUT2D eigenvalue weighted by Crippen LogP contribution is -2.00. The number of hydrogen-bond acceptors (Lipinski definition) is 1. The largest absolute Gasteiger partial charge is 0.289 e. The van der Waals surface area contributed by atoms with Gasteiger partial charge in [-0.3, -0.25) is 4.79 Å². The first-order valence-corrected chi connectivity index (χ1v) is 6.59. The average molecular weight is 226 g/mol. The van der Waals surface area contributed by atoms with Crippen molar-refractivity contribution in [1.82, 2.24) is 0 Å². The Balaban J connectivity index is 1.86. The van der Waals surface area contributed by atoms with E-state index in [1.807, 2.05) is 37.3 Å². The number of hydrogen-bond donors (Lipinski definition) is 0. The van der Waals surface area contributed by atoms with E-state index in [0.29, 0.717) is 0 Å². The van der Waals surface area contributed by atoms with Gasteiger partial charge in [0.1, 0.15) is 0 Å². The Bertz CT molecular complexity index is 456. The van der Waals surface area contributed by atoms with Crippen LogP contribution in [0.5, 0.6) is 0 Å². The highest BCUT2D eigenvalue weighted by molar-refractivity contribution is 6.09. The standard InChI is InChI=1S/C16H18O/c1-11(15-13-9-5-6-10-14(13)15)16(17)12-7-3-2-4-8-12/h2-4,7-8,13-14H,5-6,9-10H2,1H3. The van der Waals surface area contributed by atoms with Crippen LogP contribution >= 0.6 is 0 Å². The van der Waals surface area contributed by atoms with E-state index < -0.39 is 0 Å². The van der Waals surface area contributed by atoms with Crippen LogP contribution in [-0.4, -0.2) is 5.78 Å². The van der Waals surface area contributed by atoms with Crippen molar-refractivity contribution < 1.29 is 4.79 Å². The Morgan fingerprint density at radius 2 is 1.65 bits per heavy atom. The number of ketones is 1. The maximum atomic E-state index is 12.3. The van der Waals surface area contributed by atoms with Crippen LogP contribution in [0.3, 0.4) is 0 Å². The third-order valence-corrected chi connectivity index (χ3v) is 4.27. The molecule has 0 bridgehead atoms. The smallest absolute Gasteiger partial charge is 0.188 e. The Kier molecular flexibility index (Phi) is 2.62. The predicted molar refractivity (Wildman–Crippen MR) is 68.9 cm³/mol. The molecule has 0 saturated heterocycles. The average Bonchev–Trinajstić information content (AvgIpc) is 3.12. The number of benzene rings is 1. The second kappa shape index (κ2) is 4.14. The van der Waals surface area contributed by atoms with Crippen LogP contribution in [0.4, 0.5) is 0 Å². The molecule has 0 spiro atoms. The summed E-state index contributed by atoms with van der Waals surface area (Å²) in [6, 6.07) is 9.66. The summed E-state index contributed by atoms with van der Waals surface area (Å²) in [4.78, 5) is 12.3. The molecule has 3 rings (SSSR count). The minimum atomic E-state index is 0.231. The Morgan fingerprint density at radius 1 is 1.06 bits per heavy atom. The summed E-state index contributed by atoms with van der Waals surface area (Å²) in [5.41, 5.74) is 3.32. The summed E-state index contributed by atoms with van der Waals surface area (Å²) in [5, 5.41) is 0. The molecule has 1 aromatic carbocycles. The van der Waals surface area contributed by atoms with Gasteiger partial charge in [-0.05, 0) is 37.2 Å². The quantitative estimate of drug-likeness (QED) is 0.550. The Labute approximate surface area is 103 Å². The van der Waals surface area contributed by atoms with Gasteiger partial charge < -0.3 is 0 Å². The normalized spacial score (nSPS) is 26.3. The summed E-state index contributed by atoms with van der Waals surface area (Å²) >= 11 is 0. The molecular formula is C16H18O. The van der Waals surface area contributed by atoms with Crippen molar-refractivity contribution in [2.45, 2.75) is 32.6 Å². The fourth-order valence-corrected chi connectivity index (χ4v) is 3.31. The zero-order chi connectivity index (χ0) is 11.8. The van der Waals surface area contributed by atoms with E-state index in [4.69, 9.17) is 0 Å². The minimum Gasteiger partial charge on any atom is -0.289 e. The van der Waals surface area contributed by atoms with Gasteiger partial charge in [0, 0.05) is 5.56 Å². The predicted octanol–water partition coefficient (Wildman–Crippen LogP) is 4.01. The van der Waals surface area contributed by atoms with Crippen LogP contribution < -0.4 is 0 Å². The third kappa shape index (κ3) is 1.84. The van der Waals surface area contributed by atoms with Gasteiger partial charge >= 0.3 is 0 Å². The molecule has 2 atom stereocenters. The first-order valence-electron chi connectivity index (χ1n) is 6.59. The number of carbonyl (C=O) groups excluding carboxylic acids is 1. The van der Waals surface area contributed by atoms with E-state index in [1.54, 1.807) is 0 Å². The SMILES string of the molecule is CC(C(=O)c1ccccc1)=C1C2CCCCC12. The van der Waals surface area contributed by atoms with Gasteiger partial charge in [0.25, 0.3) is 0 Å². The number of Topliss-reactive ketones (excluding diaryl/α,β-unsaturated/α-hetero) is 1. The zero-order valence-corrected chi connectivity index (χ0v) is 10.3. The van der Waals surface area contributed by atoms with Gasteiger partial charge in [0.05, 0.1) is 0 Å². The molecule has 88 valence electrons. The van der Waals surface area contributed by atoms with Crippen molar-refractivity contribution in [3.05, 3.63) is 47.0 Å². The van der Waals surface area contributed by atoms with Crippen molar-refractivity contribution in [2.75, 3.05) is 0 Å². The molecule has 2 fully saturated rings. The highest BCUT2D eigenvalue weighted by atomic mass is 16.1. The molecule has 1 nitrogen and oxygen atoms in total. The molecule has 1 aromatic rings. The van der Waals surface area contributed by atoms with E-state index in [2.05, 4.69) is 0 Å². The molecule has 0 aliphatic heterocycles. The number of fused-ring (bicyclic) bond motifs is 1. The minimum absolute atomic E-state index is 0.231. The van der Waals surface area contributed by atoms with Crippen molar-refractivity contribution >= 4 is 5.78 Å². The zero-order valence-electron chi connectivity index (χ0n) is 10.3. The summed E-state index contributed by atoms with van der Waals surface area (Å²) in [6.07, 6.45) is 5.30. The molecule has 0 heterocycles. The highest BCUT2D eigenvalue weighted by Gasteiger charge is 2.46. The Hall–Kier alpha value is -1.37. The van der Waals surface area contributed by atoms with Gasteiger partial charge in [-0.1, -0.05) is 48.7 Å². The molecule has 1 heteroatoms. The topological polar surface area (TPSA) is 17.1 Å². The first kappa shape index (κ1) is 10.8. The first-order chi connectivity index (χ1) is 8.29. The van der Waals surface area contributed by atoms with E-state index in [9.17, 15) is 4.79 Å². The summed E-state index contributed by atoms with van der Waals surface area (Å²) in [5.74, 6) is 1.72. The van der Waals surface area contributed by atoms with E-state index >= 15 is 0 Å². The fraction of sp³-hybridized carbons (Fsp3) is 0.438. The lowest BCUT2D eigenvalue weighted by atomic mass is 10.0. The van der Waals surface area contributed by atoms with Gasteiger partial charge in [0.2, 0.25) is 0 Å². The molecule has 0 radical (unpaired) electrons. The maximum absolute atomic E-state index is 12.3. The molecule has 2 aliphatic rings. The van der Waals surface area contributed by atoms with E-state index in [1.165, 1.54) is 31.3 Å². The van der Waals surface area contributed by atoms with E-state index in [-0.39, 0.29) is 5.78 Å². The maximum Gasteiger partial charge on any atom is 0.188 e. The van der Waals surface area contributed by atoms with Crippen LogP contribution in [0.1, 0.15) is 43.0 Å². The van der Waals surface area contributed by atoms with Crippen LogP contribution in [0.25, 0.3) is 0 Å². The highest BCUT2D eigenvalue weighted by Crippen LogP contribution is 2.56. The number of carbonyl (C=O) groups is 1. The molecule has 0 amide bonds. The van der Waals surface area contributed by atoms with Gasteiger partial charge in [-0.25, -0.2) is 0 Å². The van der Waals surface area contributed by atoms with Crippen molar-refractivity contribution in [2.24, 2.45) is 11.8 Å². The number of allylic oxidation sites excluding steroid dienone is 2. The second-order valence-corrected chi connectivity index (χ2v) is 5.27.